The fourth-order valence-electron chi connectivity index (χ4n) is 3.96. The predicted octanol–water partition coefficient (Wildman–Crippen LogP) is 4.65. The van der Waals surface area contributed by atoms with E-state index in [1.54, 1.807) is 7.11 Å². The van der Waals surface area contributed by atoms with Crippen molar-refractivity contribution >= 4 is 5.91 Å². The predicted molar refractivity (Wildman–Crippen MR) is 128 cm³/mol. The normalized spacial score (nSPS) is 14.5. The molecule has 1 aliphatic heterocycles. The van der Waals surface area contributed by atoms with E-state index in [0.29, 0.717) is 5.75 Å². The highest BCUT2D eigenvalue weighted by Crippen LogP contribution is 2.24. The van der Waals surface area contributed by atoms with E-state index in [9.17, 15) is 4.79 Å². The standard InChI is InChI=1S/C27H30N2O4/c1-31-26-10-6-5-7-21(26)19-29-17-15-22(16-18-29)28-27(30)20-32-23-11-13-25(14-12-23)33-24-8-3-2-4-9-24/h2-14,22H,15-20H2,1H3,(H,28,30). The average Bonchev–Trinajstić information content (AvgIpc) is 2.86. The fourth-order valence-corrected chi connectivity index (χ4v) is 3.96. The number of benzene rings is 3. The van der Waals surface area contributed by atoms with Crippen LogP contribution in [0.1, 0.15) is 18.4 Å². The third-order valence-electron chi connectivity index (χ3n) is 5.71. The Morgan fingerprint density at radius 3 is 2.24 bits per heavy atom. The van der Waals surface area contributed by atoms with Gasteiger partial charge in [0.05, 0.1) is 7.11 Å². The fraction of sp³-hybridized carbons (Fsp3) is 0.296. The Hall–Kier alpha value is -3.51. The van der Waals surface area contributed by atoms with E-state index >= 15 is 0 Å². The molecule has 0 atom stereocenters. The van der Waals surface area contributed by atoms with Crippen LogP contribution in [-0.2, 0) is 11.3 Å². The van der Waals surface area contributed by atoms with Crippen LogP contribution in [0.15, 0.2) is 78.9 Å². The lowest BCUT2D eigenvalue weighted by molar-refractivity contribution is -0.124. The first kappa shape index (κ1) is 22.7. The largest absolute Gasteiger partial charge is 0.496 e. The summed E-state index contributed by atoms with van der Waals surface area (Å²) < 4.78 is 16.9. The molecule has 6 nitrogen and oxygen atoms in total. The Labute approximate surface area is 195 Å². The van der Waals surface area contributed by atoms with Crippen LogP contribution in [0, 0.1) is 0 Å². The zero-order valence-electron chi connectivity index (χ0n) is 18.9. The number of carbonyl (C=O) groups excluding carboxylic acids is 1. The van der Waals surface area contributed by atoms with Crippen molar-refractivity contribution in [1.82, 2.24) is 10.2 Å². The van der Waals surface area contributed by atoms with Crippen molar-refractivity contribution in [3.8, 4) is 23.0 Å². The second-order valence-corrected chi connectivity index (χ2v) is 8.10. The Balaban J connectivity index is 1.17. The zero-order valence-corrected chi connectivity index (χ0v) is 18.9. The van der Waals surface area contributed by atoms with Gasteiger partial charge in [0.1, 0.15) is 23.0 Å². The monoisotopic (exact) mass is 446 g/mol. The van der Waals surface area contributed by atoms with Crippen LogP contribution >= 0.6 is 0 Å². The Morgan fingerprint density at radius 2 is 1.52 bits per heavy atom. The summed E-state index contributed by atoms with van der Waals surface area (Å²) >= 11 is 0. The molecule has 1 amide bonds. The maximum Gasteiger partial charge on any atom is 0.258 e. The van der Waals surface area contributed by atoms with Crippen LogP contribution in [0.5, 0.6) is 23.0 Å². The molecule has 3 aromatic carbocycles. The lowest BCUT2D eigenvalue weighted by atomic mass is 10.0. The average molecular weight is 447 g/mol. The van der Waals surface area contributed by atoms with E-state index in [1.165, 1.54) is 5.56 Å². The van der Waals surface area contributed by atoms with Crippen LogP contribution in [0.25, 0.3) is 0 Å². The van der Waals surface area contributed by atoms with Crippen molar-refractivity contribution in [2.75, 3.05) is 26.8 Å². The van der Waals surface area contributed by atoms with E-state index < -0.39 is 0 Å². The van der Waals surface area contributed by atoms with Crippen LogP contribution < -0.4 is 19.5 Å². The molecular formula is C27H30N2O4. The Bertz CT molecular complexity index is 1020. The first-order chi connectivity index (χ1) is 16.2. The molecule has 1 aliphatic rings. The smallest absolute Gasteiger partial charge is 0.258 e. The number of para-hydroxylation sites is 2. The number of ether oxygens (including phenoxy) is 3. The number of rotatable bonds is 9. The minimum atomic E-state index is -0.0946. The summed E-state index contributed by atoms with van der Waals surface area (Å²) in [6.45, 7) is 2.73. The molecule has 6 heteroatoms. The molecule has 0 bridgehead atoms. The second-order valence-electron chi connectivity index (χ2n) is 8.10. The van der Waals surface area contributed by atoms with Crippen LogP contribution in [0.4, 0.5) is 0 Å². The number of hydrogen-bond acceptors (Lipinski definition) is 5. The van der Waals surface area contributed by atoms with Gasteiger partial charge in [-0.1, -0.05) is 36.4 Å². The van der Waals surface area contributed by atoms with Gasteiger partial charge < -0.3 is 19.5 Å². The van der Waals surface area contributed by atoms with Crippen molar-refractivity contribution in [3.63, 3.8) is 0 Å². The second kappa shape index (κ2) is 11.4. The number of carbonyl (C=O) groups is 1. The summed E-state index contributed by atoms with van der Waals surface area (Å²) in [6, 6.07) is 25.2. The molecule has 0 saturated carbocycles. The van der Waals surface area contributed by atoms with Crippen LogP contribution in [0.3, 0.4) is 0 Å². The highest BCUT2D eigenvalue weighted by Gasteiger charge is 2.21. The van der Waals surface area contributed by atoms with E-state index in [4.69, 9.17) is 14.2 Å². The van der Waals surface area contributed by atoms with Crippen LogP contribution in [-0.4, -0.2) is 43.7 Å². The third kappa shape index (κ3) is 6.73. The molecule has 1 fully saturated rings. The molecule has 0 aromatic heterocycles. The van der Waals surface area contributed by atoms with Gasteiger partial charge in [-0.25, -0.2) is 0 Å². The van der Waals surface area contributed by atoms with Gasteiger partial charge in [-0.05, 0) is 55.3 Å². The zero-order chi connectivity index (χ0) is 22.9. The van der Waals surface area contributed by atoms with Crippen molar-refractivity contribution in [1.29, 1.82) is 0 Å². The molecule has 0 unspecified atom stereocenters. The van der Waals surface area contributed by atoms with Gasteiger partial charge >= 0.3 is 0 Å². The van der Waals surface area contributed by atoms with Gasteiger partial charge in [0.15, 0.2) is 6.61 Å². The van der Waals surface area contributed by atoms with Gasteiger partial charge in [0, 0.05) is 31.2 Å². The third-order valence-corrected chi connectivity index (χ3v) is 5.71. The van der Waals surface area contributed by atoms with Gasteiger partial charge in [-0.2, -0.15) is 0 Å². The molecule has 1 N–H and O–H groups in total. The minimum absolute atomic E-state index is 0.000315. The number of nitrogens with one attached hydrogen (secondary N) is 1. The van der Waals surface area contributed by atoms with E-state index in [1.807, 2.05) is 72.8 Å². The van der Waals surface area contributed by atoms with Crippen molar-refractivity contribution in [2.24, 2.45) is 0 Å². The van der Waals surface area contributed by atoms with Gasteiger partial charge in [0.25, 0.3) is 5.91 Å². The SMILES string of the molecule is COc1ccccc1CN1CCC(NC(=O)COc2ccc(Oc3ccccc3)cc2)CC1. The summed E-state index contributed by atoms with van der Waals surface area (Å²) in [6.07, 6.45) is 1.85. The quantitative estimate of drug-likeness (QED) is 0.519. The Morgan fingerprint density at radius 1 is 0.879 bits per heavy atom. The molecule has 0 radical (unpaired) electrons. The number of hydrogen-bond donors (Lipinski definition) is 1. The lowest BCUT2D eigenvalue weighted by Gasteiger charge is -2.32. The van der Waals surface area contributed by atoms with Gasteiger partial charge in [0.2, 0.25) is 0 Å². The van der Waals surface area contributed by atoms with Gasteiger partial charge in [-0.15, -0.1) is 0 Å². The van der Waals surface area contributed by atoms with Crippen molar-refractivity contribution in [3.05, 3.63) is 84.4 Å². The molecule has 0 spiro atoms. The first-order valence-electron chi connectivity index (χ1n) is 11.3. The number of likely N-dealkylation sites (tertiary alicyclic amines) is 1. The molecular weight excluding hydrogens is 416 g/mol. The van der Waals surface area contributed by atoms with Crippen molar-refractivity contribution in [2.45, 2.75) is 25.4 Å². The molecule has 0 aliphatic carbocycles. The molecule has 1 heterocycles. The minimum Gasteiger partial charge on any atom is -0.496 e. The molecule has 1 saturated heterocycles. The lowest BCUT2D eigenvalue weighted by Crippen LogP contribution is -2.45. The molecule has 172 valence electrons. The number of amides is 1. The molecule has 33 heavy (non-hydrogen) atoms. The van der Waals surface area contributed by atoms with E-state index in [-0.39, 0.29) is 18.6 Å². The maximum absolute atomic E-state index is 12.4. The number of piperidine rings is 1. The van der Waals surface area contributed by atoms with Crippen LogP contribution in [0.2, 0.25) is 0 Å². The maximum atomic E-state index is 12.4. The molecule has 4 rings (SSSR count). The topological polar surface area (TPSA) is 60.0 Å². The summed E-state index contributed by atoms with van der Waals surface area (Å²) in [4.78, 5) is 14.8. The Kier molecular flexibility index (Phi) is 7.82. The summed E-state index contributed by atoms with van der Waals surface area (Å²) in [7, 11) is 1.70. The summed E-state index contributed by atoms with van der Waals surface area (Å²) in [5.41, 5.74) is 1.19. The van der Waals surface area contributed by atoms with Gasteiger partial charge in [-0.3, -0.25) is 9.69 Å². The first-order valence-corrected chi connectivity index (χ1v) is 11.3. The van der Waals surface area contributed by atoms with Crippen molar-refractivity contribution < 1.29 is 19.0 Å². The van der Waals surface area contributed by atoms with E-state index in [2.05, 4.69) is 16.3 Å². The van der Waals surface area contributed by atoms with E-state index in [0.717, 1.165) is 49.7 Å². The number of methoxy groups -OCH3 is 1. The number of nitrogens with zero attached hydrogens (tertiary/aromatic N) is 1. The highest BCUT2D eigenvalue weighted by molar-refractivity contribution is 5.77. The summed E-state index contributed by atoms with van der Waals surface area (Å²) in [5, 5.41) is 3.10. The highest BCUT2D eigenvalue weighted by atomic mass is 16.5. The molecule has 3 aromatic rings. The summed E-state index contributed by atoms with van der Waals surface area (Å²) in [5.74, 6) is 2.96.